The molecule has 142 valence electrons. The van der Waals surface area contributed by atoms with E-state index in [-0.39, 0.29) is 18.6 Å². The van der Waals surface area contributed by atoms with E-state index in [1.807, 2.05) is 47.4 Å². The van der Waals surface area contributed by atoms with Crippen molar-refractivity contribution < 1.29 is 14.3 Å². The number of rotatable bonds is 6. The highest BCUT2D eigenvalue weighted by Crippen LogP contribution is 2.28. The van der Waals surface area contributed by atoms with Crippen LogP contribution in [0.3, 0.4) is 0 Å². The largest absolute Gasteiger partial charge is 0.489 e. The normalized spacial score (nSPS) is 18.8. The number of benzene rings is 2. The summed E-state index contributed by atoms with van der Waals surface area (Å²) in [5, 5.41) is 3.26. The summed E-state index contributed by atoms with van der Waals surface area (Å²) < 4.78 is 11.6. The molecule has 1 unspecified atom stereocenters. The number of ether oxygens (including phenoxy) is 2. The highest BCUT2D eigenvalue weighted by molar-refractivity contribution is 5.97. The fourth-order valence-electron chi connectivity index (χ4n) is 3.76. The molecule has 2 aliphatic heterocycles. The second kappa shape index (κ2) is 8.44. The fraction of sp³-hybridized carbons (Fsp3) is 0.409. The maximum Gasteiger partial charge on any atom is 0.246 e. The van der Waals surface area contributed by atoms with Gasteiger partial charge in [0.2, 0.25) is 5.91 Å². The number of carbonyl (C=O) groups is 1. The lowest BCUT2D eigenvalue weighted by Gasteiger charge is -2.29. The number of hydrogen-bond donors (Lipinski definition) is 1. The van der Waals surface area contributed by atoms with Gasteiger partial charge >= 0.3 is 0 Å². The van der Waals surface area contributed by atoms with Crippen molar-refractivity contribution in [1.82, 2.24) is 0 Å². The Morgan fingerprint density at radius 2 is 2.00 bits per heavy atom. The van der Waals surface area contributed by atoms with Crippen LogP contribution < -0.4 is 15.0 Å². The number of aryl methyl sites for hydroxylation is 1. The number of hydrogen-bond acceptors (Lipinski definition) is 4. The van der Waals surface area contributed by atoms with Gasteiger partial charge in [0.15, 0.2) is 0 Å². The monoisotopic (exact) mass is 366 g/mol. The summed E-state index contributed by atoms with van der Waals surface area (Å²) in [7, 11) is 0. The van der Waals surface area contributed by atoms with Crippen LogP contribution in [0.4, 0.5) is 11.4 Å². The number of carbonyl (C=O) groups excluding carboxylic acids is 1. The highest BCUT2D eigenvalue weighted by atomic mass is 16.5. The Bertz CT molecular complexity index is 787. The molecule has 2 aliphatic rings. The van der Waals surface area contributed by atoms with Crippen molar-refractivity contribution in [2.24, 2.45) is 0 Å². The van der Waals surface area contributed by atoms with Crippen LogP contribution >= 0.6 is 0 Å². The molecule has 1 saturated heterocycles. The van der Waals surface area contributed by atoms with Crippen LogP contribution in [0, 0.1) is 0 Å². The third-order valence-corrected chi connectivity index (χ3v) is 5.18. The first-order chi connectivity index (χ1) is 13.3. The van der Waals surface area contributed by atoms with Crippen molar-refractivity contribution in [3.05, 3.63) is 54.1 Å². The van der Waals surface area contributed by atoms with Crippen LogP contribution in [-0.2, 0) is 16.0 Å². The first kappa shape index (κ1) is 17.9. The Morgan fingerprint density at radius 1 is 1.15 bits per heavy atom. The van der Waals surface area contributed by atoms with E-state index in [9.17, 15) is 4.79 Å². The Labute approximate surface area is 160 Å². The molecule has 0 spiro atoms. The molecule has 4 rings (SSSR count). The summed E-state index contributed by atoms with van der Waals surface area (Å²) in [6.45, 7) is 2.38. The van der Waals surface area contributed by atoms with E-state index in [0.717, 1.165) is 56.0 Å². The van der Waals surface area contributed by atoms with Gasteiger partial charge in [-0.2, -0.15) is 0 Å². The van der Waals surface area contributed by atoms with Gasteiger partial charge < -0.3 is 19.7 Å². The van der Waals surface area contributed by atoms with Crippen molar-refractivity contribution in [1.29, 1.82) is 0 Å². The number of para-hydroxylation sites is 3. The smallest absolute Gasteiger partial charge is 0.246 e. The third kappa shape index (κ3) is 4.25. The second-order valence-corrected chi connectivity index (χ2v) is 7.07. The van der Waals surface area contributed by atoms with E-state index in [1.165, 1.54) is 5.56 Å². The van der Waals surface area contributed by atoms with E-state index < -0.39 is 0 Å². The lowest BCUT2D eigenvalue weighted by molar-refractivity contribution is -0.117. The summed E-state index contributed by atoms with van der Waals surface area (Å²) in [5.74, 6) is 0.843. The average Bonchev–Trinajstić information content (AvgIpc) is 3.24. The predicted octanol–water partition coefficient (Wildman–Crippen LogP) is 3.64. The molecule has 1 amide bonds. The lowest BCUT2D eigenvalue weighted by atomic mass is 10.0. The molecule has 0 radical (unpaired) electrons. The number of anilines is 2. The topological polar surface area (TPSA) is 50.8 Å². The molecular formula is C22H26N2O3. The zero-order valence-corrected chi connectivity index (χ0v) is 15.5. The first-order valence-corrected chi connectivity index (χ1v) is 9.77. The molecule has 2 heterocycles. The van der Waals surface area contributed by atoms with Gasteiger partial charge in [0.25, 0.3) is 0 Å². The Morgan fingerprint density at radius 3 is 2.89 bits per heavy atom. The van der Waals surface area contributed by atoms with Crippen LogP contribution in [0.5, 0.6) is 5.75 Å². The molecule has 1 atom stereocenters. The number of nitrogens with one attached hydrogen (secondary N) is 1. The molecule has 27 heavy (non-hydrogen) atoms. The van der Waals surface area contributed by atoms with Crippen molar-refractivity contribution in [3.63, 3.8) is 0 Å². The molecule has 0 aromatic heterocycles. The van der Waals surface area contributed by atoms with E-state index in [1.54, 1.807) is 0 Å². The van der Waals surface area contributed by atoms with Gasteiger partial charge in [0.1, 0.15) is 12.4 Å². The number of nitrogens with zero attached hydrogens (tertiary/aromatic N) is 1. The zero-order valence-electron chi connectivity index (χ0n) is 15.5. The van der Waals surface area contributed by atoms with Gasteiger partial charge in [-0.05, 0) is 49.4 Å². The van der Waals surface area contributed by atoms with Crippen LogP contribution in [0.2, 0.25) is 0 Å². The molecule has 2 aromatic carbocycles. The highest BCUT2D eigenvalue weighted by Gasteiger charge is 2.22. The van der Waals surface area contributed by atoms with Crippen molar-refractivity contribution >= 4 is 17.3 Å². The van der Waals surface area contributed by atoms with Crippen LogP contribution in [0.15, 0.2) is 48.5 Å². The average molecular weight is 366 g/mol. The van der Waals surface area contributed by atoms with Crippen molar-refractivity contribution in [2.75, 3.05) is 36.5 Å². The van der Waals surface area contributed by atoms with Gasteiger partial charge in [0, 0.05) is 18.8 Å². The van der Waals surface area contributed by atoms with Gasteiger partial charge in [-0.15, -0.1) is 0 Å². The summed E-state index contributed by atoms with van der Waals surface area (Å²) in [5.41, 5.74) is 3.13. The molecule has 0 aliphatic carbocycles. The van der Waals surface area contributed by atoms with Crippen molar-refractivity contribution in [2.45, 2.75) is 31.8 Å². The van der Waals surface area contributed by atoms with E-state index in [2.05, 4.69) is 11.4 Å². The zero-order chi connectivity index (χ0) is 18.5. The number of fused-ring (bicyclic) bond motifs is 1. The van der Waals surface area contributed by atoms with Crippen molar-refractivity contribution in [3.8, 4) is 5.75 Å². The summed E-state index contributed by atoms with van der Waals surface area (Å²) in [6, 6.07) is 15.9. The van der Waals surface area contributed by atoms with Gasteiger partial charge in [-0.25, -0.2) is 0 Å². The first-order valence-electron chi connectivity index (χ1n) is 9.77. The van der Waals surface area contributed by atoms with Crippen LogP contribution in [0.25, 0.3) is 0 Å². The predicted molar refractivity (Wildman–Crippen MR) is 107 cm³/mol. The molecule has 5 nitrogen and oxygen atoms in total. The van der Waals surface area contributed by atoms with Crippen LogP contribution in [-0.4, -0.2) is 38.3 Å². The minimum Gasteiger partial charge on any atom is -0.489 e. The molecule has 1 N–H and O–H groups in total. The summed E-state index contributed by atoms with van der Waals surface area (Å²) in [6.07, 6.45) is 4.35. The maximum atomic E-state index is 12.8. The summed E-state index contributed by atoms with van der Waals surface area (Å²) in [4.78, 5) is 14.7. The summed E-state index contributed by atoms with van der Waals surface area (Å²) >= 11 is 0. The standard InChI is InChI=1S/C22H26N2O3/c25-22(24-13-5-8-17-7-1-3-11-20(17)24)15-23-19-10-2-4-12-21(19)27-16-18-9-6-14-26-18/h1-4,7,10-12,18,23H,5-6,8-9,13-16H2. The Balaban J connectivity index is 1.38. The Kier molecular flexibility index (Phi) is 5.58. The molecule has 1 fully saturated rings. The number of amides is 1. The second-order valence-electron chi connectivity index (χ2n) is 7.07. The van der Waals surface area contributed by atoms with E-state index >= 15 is 0 Å². The van der Waals surface area contributed by atoms with Crippen LogP contribution in [0.1, 0.15) is 24.8 Å². The fourth-order valence-corrected chi connectivity index (χ4v) is 3.76. The molecule has 0 bridgehead atoms. The molecular weight excluding hydrogens is 340 g/mol. The maximum absolute atomic E-state index is 12.8. The third-order valence-electron chi connectivity index (χ3n) is 5.18. The molecule has 5 heteroatoms. The Hall–Kier alpha value is -2.53. The quantitative estimate of drug-likeness (QED) is 0.848. The molecule has 0 saturated carbocycles. The van der Waals surface area contributed by atoms with Gasteiger partial charge in [-0.1, -0.05) is 30.3 Å². The minimum absolute atomic E-state index is 0.0797. The van der Waals surface area contributed by atoms with Gasteiger partial charge in [0.05, 0.1) is 18.3 Å². The SMILES string of the molecule is O=C(CNc1ccccc1OCC1CCCO1)N1CCCc2ccccc21. The van der Waals surface area contributed by atoms with E-state index in [0.29, 0.717) is 6.61 Å². The minimum atomic E-state index is 0.0797. The van der Waals surface area contributed by atoms with Gasteiger partial charge in [-0.3, -0.25) is 4.79 Å². The lowest BCUT2D eigenvalue weighted by Crippen LogP contribution is -2.39. The molecule has 2 aromatic rings. The van der Waals surface area contributed by atoms with E-state index in [4.69, 9.17) is 9.47 Å².